The van der Waals surface area contributed by atoms with Gasteiger partial charge in [0.25, 0.3) is 0 Å². The van der Waals surface area contributed by atoms with Crippen LogP contribution in [0.1, 0.15) is 18.1 Å². The van der Waals surface area contributed by atoms with Gasteiger partial charge in [-0.2, -0.15) is 0 Å². The third-order valence-electron chi connectivity index (χ3n) is 6.82. The molecule has 0 bridgehead atoms. The summed E-state index contributed by atoms with van der Waals surface area (Å²) in [6, 6.07) is 16.7. The lowest BCUT2D eigenvalue weighted by Gasteiger charge is -2.25. The summed E-state index contributed by atoms with van der Waals surface area (Å²) < 4.78 is 34.1. The van der Waals surface area contributed by atoms with Gasteiger partial charge in [-0.3, -0.25) is 4.90 Å². The third kappa shape index (κ3) is 8.83. The third-order valence-corrected chi connectivity index (χ3v) is 6.82. The van der Waals surface area contributed by atoms with Gasteiger partial charge in [0.05, 0.1) is 66.1 Å². The van der Waals surface area contributed by atoms with Gasteiger partial charge >= 0.3 is 5.97 Å². The Morgan fingerprint density at radius 3 is 1.45 bits per heavy atom. The lowest BCUT2D eigenvalue weighted by Crippen LogP contribution is -2.31. The quantitative estimate of drug-likeness (QED) is 0.261. The molecule has 3 aromatic rings. The van der Waals surface area contributed by atoms with Crippen molar-refractivity contribution in [1.29, 1.82) is 0 Å². The normalized spacial score (nSPS) is 17.7. The molecule has 0 unspecified atom stereocenters. The summed E-state index contributed by atoms with van der Waals surface area (Å²) in [5, 5.41) is 4.46. The summed E-state index contributed by atoms with van der Waals surface area (Å²) in [6.45, 7) is 13.3. The smallest absolute Gasteiger partial charge is 0.333 e. The van der Waals surface area contributed by atoms with Gasteiger partial charge in [-0.05, 0) is 34.0 Å². The average Bonchev–Trinajstić information content (AvgIpc) is 2.97. The summed E-state index contributed by atoms with van der Waals surface area (Å²) in [4.78, 5) is 14.6. The number of carbonyl (C=O) groups is 1. The van der Waals surface area contributed by atoms with Crippen LogP contribution in [0.3, 0.4) is 0 Å². The van der Waals surface area contributed by atoms with Crippen LogP contribution in [0.15, 0.2) is 60.7 Å². The molecule has 1 fully saturated rings. The monoisotopic (exact) mass is 551 g/mol. The molecule has 216 valence electrons. The first-order valence-corrected chi connectivity index (χ1v) is 14.0. The summed E-state index contributed by atoms with van der Waals surface area (Å²) in [7, 11) is 0. The van der Waals surface area contributed by atoms with Crippen molar-refractivity contribution in [3.05, 3.63) is 71.8 Å². The van der Waals surface area contributed by atoms with Crippen molar-refractivity contribution >= 4 is 27.5 Å². The number of benzene rings is 3. The van der Waals surface area contributed by atoms with E-state index in [9.17, 15) is 4.79 Å². The van der Waals surface area contributed by atoms with E-state index in [1.807, 2.05) is 12.1 Å². The van der Waals surface area contributed by atoms with Crippen LogP contribution >= 0.6 is 0 Å². The molecule has 0 amide bonds. The second-order valence-corrected chi connectivity index (χ2v) is 9.74. The zero-order valence-electron chi connectivity index (χ0n) is 23.5. The number of ether oxygens (including phenoxy) is 6. The molecule has 0 N–H and O–H groups in total. The fourth-order valence-corrected chi connectivity index (χ4v) is 4.76. The zero-order chi connectivity index (χ0) is 28.0. The minimum absolute atomic E-state index is 0.189. The molecule has 3 aromatic carbocycles. The number of hydrogen-bond acceptors (Lipinski definition) is 8. The summed E-state index contributed by atoms with van der Waals surface area (Å²) in [6.07, 6.45) is 0. The maximum absolute atomic E-state index is 12.2. The fourth-order valence-electron chi connectivity index (χ4n) is 4.76. The lowest BCUT2D eigenvalue weighted by atomic mass is 9.91. The van der Waals surface area contributed by atoms with Gasteiger partial charge in [0, 0.05) is 30.8 Å². The number of carbonyl (C=O) groups excluding carboxylic acids is 1. The number of fused-ring (bicyclic) bond motifs is 2. The molecule has 0 saturated carbocycles. The zero-order valence-corrected chi connectivity index (χ0v) is 23.5. The van der Waals surface area contributed by atoms with E-state index in [0.29, 0.717) is 71.6 Å². The van der Waals surface area contributed by atoms with Crippen molar-refractivity contribution in [2.45, 2.75) is 20.1 Å². The van der Waals surface area contributed by atoms with Crippen LogP contribution < -0.4 is 0 Å². The van der Waals surface area contributed by atoms with E-state index in [0.717, 1.165) is 46.7 Å². The first-order valence-electron chi connectivity index (χ1n) is 14.0. The van der Waals surface area contributed by atoms with Gasteiger partial charge in [0.15, 0.2) is 0 Å². The molecule has 0 radical (unpaired) electrons. The fraction of sp³-hybridized carbons (Fsp3) is 0.469. The Morgan fingerprint density at radius 1 is 0.675 bits per heavy atom. The van der Waals surface area contributed by atoms with Crippen molar-refractivity contribution in [1.82, 2.24) is 4.90 Å². The first kappa shape index (κ1) is 30.1. The highest BCUT2D eigenvalue weighted by molar-refractivity contribution is 6.05. The van der Waals surface area contributed by atoms with Crippen LogP contribution in [0, 0.1) is 0 Å². The highest BCUT2D eigenvalue weighted by atomic mass is 16.6. The Kier molecular flexibility index (Phi) is 12.4. The molecule has 0 aliphatic carbocycles. The Balaban J connectivity index is 1.56. The molecule has 1 aliphatic rings. The largest absolute Gasteiger partial charge is 0.457 e. The molecule has 0 aromatic heterocycles. The van der Waals surface area contributed by atoms with Gasteiger partial charge in [-0.15, -0.1) is 0 Å². The summed E-state index contributed by atoms with van der Waals surface area (Å²) >= 11 is 0. The molecule has 0 atom stereocenters. The lowest BCUT2D eigenvalue weighted by molar-refractivity contribution is -0.140. The molecule has 0 spiro atoms. The molecule has 40 heavy (non-hydrogen) atoms. The van der Waals surface area contributed by atoms with Gasteiger partial charge in [-0.1, -0.05) is 55.1 Å². The minimum atomic E-state index is -0.385. The maximum atomic E-state index is 12.2. The second-order valence-electron chi connectivity index (χ2n) is 9.74. The number of nitrogens with zero attached hydrogens (tertiary/aromatic N) is 1. The van der Waals surface area contributed by atoms with Crippen LogP contribution in [-0.2, 0) is 46.4 Å². The van der Waals surface area contributed by atoms with Gasteiger partial charge in [0.1, 0.15) is 6.61 Å². The highest BCUT2D eigenvalue weighted by Crippen LogP contribution is 2.34. The van der Waals surface area contributed by atoms with E-state index in [4.69, 9.17) is 28.4 Å². The average molecular weight is 552 g/mol. The van der Waals surface area contributed by atoms with Gasteiger partial charge < -0.3 is 28.4 Å². The van der Waals surface area contributed by atoms with Crippen molar-refractivity contribution in [3.63, 3.8) is 0 Å². The summed E-state index contributed by atoms with van der Waals surface area (Å²) in [5.74, 6) is -0.385. The highest BCUT2D eigenvalue weighted by Gasteiger charge is 2.17. The molecule has 8 heteroatoms. The Hall–Kier alpha value is -2.85. The molecular weight excluding hydrogens is 510 g/mol. The minimum Gasteiger partial charge on any atom is -0.457 e. The van der Waals surface area contributed by atoms with E-state index < -0.39 is 0 Å². The Bertz CT molecular complexity index is 1170. The van der Waals surface area contributed by atoms with Crippen molar-refractivity contribution in [2.24, 2.45) is 0 Å². The van der Waals surface area contributed by atoms with E-state index >= 15 is 0 Å². The van der Waals surface area contributed by atoms with Gasteiger partial charge in [0.2, 0.25) is 0 Å². The number of rotatable bonds is 5. The predicted molar refractivity (Wildman–Crippen MR) is 155 cm³/mol. The van der Waals surface area contributed by atoms with E-state index in [1.165, 1.54) is 5.56 Å². The first-order chi connectivity index (χ1) is 19.6. The molecule has 1 aliphatic heterocycles. The summed E-state index contributed by atoms with van der Waals surface area (Å²) in [5.41, 5.74) is 2.62. The topological polar surface area (TPSA) is 75.7 Å². The van der Waals surface area contributed by atoms with Crippen LogP contribution in [0.25, 0.3) is 21.5 Å². The molecular formula is C32H41NO7. The number of hydrogen-bond donors (Lipinski definition) is 0. The van der Waals surface area contributed by atoms with Crippen molar-refractivity contribution < 1.29 is 33.2 Å². The van der Waals surface area contributed by atoms with Crippen molar-refractivity contribution in [2.75, 3.05) is 79.2 Å². The Labute approximate surface area is 236 Å². The molecule has 8 nitrogen and oxygen atoms in total. The van der Waals surface area contributed by atoms with Gasteiger partial charge in [-0.25, -0.2) is 4.79 Å². The maximum Gasteiger partial charge on any atom is 0.333 e. The van der Waals surface area contributed by atoms with E-state index in [1.54, 1.807) is 6.92 Å². The predicted octanol–water partition coefficient (Wildman–Crippen LogP) is 4.51. The van der Waals surface area contributed by atoms with Crippen LogP contribution in [0.4, 0.5) is 0 Å². The van der Waals surface area contributed by atoms with Crippen LogP contribution in [0.2, 0.25) is 0 Å². The van der Waals surface area contributed by atoms with Crippen LogP contribution in [-0.4, -0.2) is 90.0 Å². The SMILES string of the molecule is C=C(C)C(=O)OCc1c2ccccc2c(CN2CCOCCOCCOCCOCCOCC2)c2ccccc12. The Morgan fingerprint density at radius 2 is 1.05 bits per heavy atom. The van der Waals surface area contributed by atoms with E-state index in [2.05, 4.69) is 47.9 Å². The standard InChI is InChI=1S/C32H41NO7/c1-25(2)32(34)40-24-31-28-9-5-3-7-26(28)30(27-8-4-6-10-29(27)31)23-33-11-13-35-15-17-37-19-21-39-22-20-38-18-16-36-14-12-33/h3-10H,1,11-24H2,2H3. The molecule has 4 rings (SSSR count). The molecule has 1 heterocycles. The van der Waals surface area contributed by atoms with Crippen molar-refractivity contribution in [3.8, 4) is 0 Å². The second kappa shape index (κ2) is 16.4. The molecule has 1 saturated heterocycles. The number of esters is 1. The van der Waals surface area contributed by atoms with E-state index in [-0.39, 0.29) is 12.6 Å². The van der Waals surface area contributed by atoms with Crippen LogP contribution in [0.5, 0.6) is 0 Å².